The van der Waals surface area contributed by atoms with Gasteiger partial charge in [0.1, 0.15) is 6.61 Å². The zero-order chi connectivity index (χ0) is 8.39. The highest BCUT2D eigenvalue weighted by Gasteiger charge is 2.17. The van der Waals surface area contributed by atoms with Crippen molar-refractivity contribution in [3.05, 3.63) is 12.3 Å². The fourth-order valence-electron chi connectivity index (χ4n) is 1.32. The molecule has 1 aliphatic heterocycles. The SMILES string of the molecule is CCN1CCOc2ccnnc21. The van der Waals surface area contributed by atoms with E-state index in [0.717, 1.165) is 31.3 Å². The lowest BCUT2D eigenvalue weighted by molar-refractivity contribution is 0.305. The van der Waals surface area contributed by atoms with E-state index >= 15 is 0 Å². The van der Waals surface area contributed by atoms with E-state index in [2.05, 4.69) is 22.0 Å². The Labute approximate surface area is 71.2 Å². The minimum Gasteiger partial charge on any atom is -0.488 e. The summed E-state index contributed by atoms with van der Waals surface area (Å²) in [5, 5.41) is 7.85. The third kappa shape index (κ3) is 1.09. The first-order valence-corrected chi connectivity index (χ1v) is 4.11. The highest BCUT2D eigenvalue weighted by molar-refractivity contribution is 5.52. The van der Waals surface area contributed by atoms with E-state index in [1.807, 2.05) is 6.07 Å². The number of nitrogens with zero attached hydrogens (tertiary/aromatic N) is 3. The number of hydrogen-bond acceptors (Lipinski definition) is 4. The number of anilines is 1. The Morgan fingerprint density at radius 2 is 2.58 bits per heavy atom. The zero-order valence-electron chi connectivity index (χ0n) is 7.03. The molecule has 1 aromatic rings. The Hall–Kier alpha value is -1.32. The Morgan fingerprint density at radius 3 is 3.42 bits per heavy atom. The van der Waals surface area contributed by atoms with Gasteiger partial charge in [0.25, 0.3) is 0 Å². The van der Waals surface area contributed by atoms with Crippen LogP contribution in [-0.4, -0.2) is 29.9 Å². The van der Waals surface area contributed by atoms with Crippen LogP contribution in [0.2, 0.25) is 0 Å². The second-order valence-electron chi connectivity index (χ2n) is 2.65. The molecule has 0 unspecified atom stereocenters. The third-order valence-corrected chi connectivity index (χ3v) is 1.97. The van der Waals surface area contributed by atoms with Crippen LogP contribution in [0.15, 0.2) is 12.3 Å². The molecule has 0 fully saturated rings. The Morgan fingerprint density at radius 1 is 1.67 bits per heavy atom. The summed E-state index contributed by atoms with van der Waals surface area (Å²) in [6.45, 7) is 4.70. The van der Waals surface area contributed by atoms with Gasteiger partial charge in [-0.15, -0.1) is 5.10 Å². The number of aromatic nitrogens is 2. The van der Waals surface area contributed by atoms with Crippen molar-refractivity contribution in [2.24, 2.45) is 0 Å². The molecule has 0 saturated heterocycles. The van der Waals surface area contributed by atoms with Crippen molar-refractivity contribution in [2.45, 2.75) is 6.92 Å². The van der Waals surface area contributed by atoms with Crippen LogP contribution in [0.3, 0.4) is 0 Å². The monoisotopic (exact) mass is 165 g/mol. The van der Waals surface area contributed by atoms with Crippen molar-refractivity contribution >= 4 is 5.82 Å². The van der Waals surface area contributed by atoms with Crippen molar-refractivity contribution in [3.63, 3.8) is 0 Å². The van der Waals surface area contributed by atoms with E-state index in [1.54, 1.807) is 6.20 Å². The molecule has 0 atom stereocenters. The second kappa shape index (κ2) is 2.97. The largest absolute Gasteiger partial charge is 0.488 e. The van der Waals surface area contributed by atoms with Gasteiger partial charge in [-0.2, -0.15) is 5.10 Å². The van der Waals surface area contributed by atoms with Gasteiger partial charge in [0, 0.05) is 12.6 Å². The summed E-state index contributed by atoms with van der Waals surface area (Å²) < 4.78 is 5.41. The number of ether oxygens (including phenoxy) is 1. The highest BCUT2D eigenvalue weighted by Crippen LogP contribution is 2.26. The number of rotatable bonds is 1. The van der Waals surface area contributed by atoms with Crippen LogP contribution in [0.4, 0.5) is 5.82 Å². The molecule has 4 heteroatoms. The molecule has 12 heavy (non-hydrogen) atoms. The Kier molecular flexibility index (Phi) is 1.81. The average molecular weight is 165 g/mol. The maximum absolute atomic E-state index is 5.41. The summed E-state index contributed by atoms with van der Waals surface area (Å²) >= 11 is 0. The molecular formula is C8H11N3O. The van der Waals surface area contributed by atoms with Gasteiger partial charge in [-0.3, -0.25) is 0 Å². The van der Waals surface area contributed by atoms with Gasteiger partial charge < -0.3 is 9.64 Å². The van der Waals surface area contributed by atoms with Gasteiger partial charge >= 0.3 is 0 Å². The van der Waals surface area contributed by atoms with Crippen molar-refractivity contribution in [1.29, 1.82) is 0 Å². The molecule has 0 amide bonds. The Bertz CT molecular complexity index is 277. The fourth-order valence-corrected chi connectivity index (χ4v) is 1.32. The van der Waals surface area contributed by atoms with Gasteiger partial charge in [0.2, 0.25) is 0 Å². The molecule has 0 saturated carbocycles. The number of hydrogen-bond donors (Lipinski definition) is 0. The van der Waals surface area contributed by atoms with E-state index in [1.165, 1.54) is 0 Å². The predicted octanol–water partition coefficient (Wildman–Crippen LogP) is 0.695. The van der Waals surface area contributed by atoms with Crippen molar-refractivity contribution in [1.82, 2.24) is 10.2 Å². The summed E-state index contributed by atoms with van der Waals surface area (Å²) in [4.78, 5) is 2.16. The van der Waals surface area contributed by atoms with E-state index < -0.39 is 0 Å². The molecule has 2 heterocycles. The van der Waals surface area contributed by atoms with E-state index in [4.69, 9.17) is 4.74 Å². The second-order valence-corrected chi connectivity index (χ2v) is 2.65. The van der Waals surface area contributed by atoms with Gasteiger partial charge in [0.15, 0.2) is 11.6 Å². The smallest absolute Gasteiger partial charge is 0.193 e. The molecule has 0 spiro atoms. The molecular weight excluding hydrogens is 154 g/mol. The molecule has 0 N–H and O–H groups in total. The molecule has 64 valence electrons. The maximum atomic E-state index is 5.41. The molecule has 0 radical (unpaired) electrons. The van der Waals surface area contributed by atoms with Crippen LogP contribution in [0, 0.1) is 0 Å². The van der Waals surface area contributed by atoms with Crippen LogP contribution in [0.25, 0.3) is 0 Å². The van der Waals surface area contributed by atoms with Gasteiger partial charge in [0.05, 0.1) is 12.7 Å². The molecule has 4 nitrogen and oxygen atoms in total. The Balaban J connectivity index is 2.37. The lowest BCUT2D eigenvalue weighted by Gasteiger charge is -2.27. The molecule has 1 aliphatic rings. The first-order valence-electron chi connectivity index (χ1n) is 4.11. The quantitative estimate of drug-likeness (QED) is 0.613. The van der Waals surface area contributed by atoms with Crippen LogP contribution in [0.5, 0.6) is 5.75 Å². The van der Waals surface area contributed by atoms with Crippen molar-refractivity contribution < 1.29 is 4.74 Å². The number of likely N-dealkylation sites (N-methyl/N-ethyl adjacent to an activating group) is 1. The lowest BCUT2D eigenvalue weighted by atomic mass is 10.3. The van der Waals surface area contributed by atoms with Gasteiger partial charge in [-0.05, 0) is 6.92 Å². The first kappa shape index (κ1) is 7.34. The minimum absolute atomic E-state index is 0.743. The molecule has 0 bridgehead atoms. The summed E-state index contributed by atoms with van der Waals surface area (Å²) in [5.74, 6) is 1.71. The molecule has 2 rings (SSSR count). The molecule has 0 aromatic carbocycles. The minimum atomic E-state index is 0.743. The van der Waals surface area contributed by atoms with Crippen LogP contribution in [-0.2, 0) is 0 Å². The van der Waals surface area contributed by atoms with E-state index in [-0.39, 0.29) is 0 Å². The molecule has 1 aromatic heterocycles. The van der Waals surface area contributed by atoms with E-state index in [9.17, 15) is 0 Å². The van der Waals surface area contributed by atoms with Crippen LogP contribution < -0.4 is 9.64 Å². The fraction of sp³-hybridized carbons (Fsp3) is 0.500. The van der Waals surface area contributed by atoms with E-state index in [0.29, 0.717) is 0 Å². The standard InChI is InChI=1S/C8H11N3O/c1-2-11-5-6-12-7-3-4-9-10-8(7)11/h3-4H,2,5-6H2,1H3. The van der Waals surface area contributed by atoms with Gasteiger partial charge in [-0.1, -0.05) is 0 Å². The number of fused-ring (bicyclic) bond motifs is 1. The summed E-state index contributed by atoms with van der Waals surface area (Å²) in [6.07, 6.45) is 1.65. The van der Waals surface area contributed by atoms with Crippen LogP contribution >= 0.6 is 0 Å². The summed E-state index contributed by atoms with van der Waals surface area (Å²) in [5.41, 5.74) is 0. The summed E-state index contributed by atoms with van der Waals surface area (Å²) in [7, 11) is 0. The highest BCUT2D eigenvalue weighted by atomic mass is 16.5. The summed E-state index contributed by atoms with van der Waals surface area (Å²) in [6, 6.07) is 1.85. The lowest BCUT2D eigenvalue weighted by Crippen LogP contribution is -2.33. The van der Waals surface area contributed by atoms with Crippen molar-refractivity contribution in [2.75, 3.05) is 24.6 Å². The van der Waals surface area contributed by atoms with Crippen LogP contribution in [0.1, 0.15) is 6.92 Å². The third-order valence-electron chi connectivity index (χ3n) is 1.97. The topological polar surface area (TPSA) is 38.2 Å². The predicted molar refractivity (Wildman–Crippen MR) is 45.4 cm³/mol. The average Bonchev–Trinajstić information content (AvgIpc) is 2.17. The molecule has 0 aliphatic carbocycles. The maximum Gasteiger partial charge on any atom is 0.193 e. The van der Waals surface area contributed by atoms with Crippen molar-refractivity contribution in [3.8, 4) is 5.75 Å². The first-order chi connectivity index (χ1) is 5.92. The van der Waals surface area contributed by atoms with Gasteiger partial charge in [-0.25, -0.2) is 0 Å². The normalized spacial score (nSPS) is 15.2. The zero-order valence-corrected chi connectivity index (χ0v) is 7.03.